The molecule has 7 heteroatoms. The molecule has 7 nitrogen and oxygen atoms in total. The molecule has 0 bridgehead atoms. The van der Waals surface area contributed by atoms with Gasteiger partial charge in [-0.1, -0.05) is 12.1 Å². The Hall–Kier alpha value is -2.02. The van der Waals surface area contributed by atoms with E-state index < -0.39 is 0 Å². The number of carbonyl (C=O) groups excluding carboxylic acids is 1. The van der Waals surface area contributed by atoms with E-state index in [4.69, 9.17) is 5.73 Å². The zero-order chi connectivity index (χ0) is 13.8. The van der Waals surface area contributed by atoms with E-state index in [1.165, 1.54) is 0 Å². The molecule has 2 N–H and O–H groups in total. The second-order valence-corrected chi connectivity index (χ2v) is 4.36. The predicted octanol–water partition coefficient (Wildman–Crippen LogP) is -0.0419. The van der Waals surface area contributed by atoms with Crippen LogP contribution in [-0.2, 0) is 26.4 Å². The van der Waals surface area contributed by atoms with Gasteiger partial charge in [-0.05, 0) is 12.5 Å². The zero-order valence-corrected chi connectivity index (χ0v) is 11.2. The number of nitrogens with two attached hydrogens (primary N) is 1. The van der Waals surface area contributed by atoms with E-state index in [2.05, 4.69) is 15.4 Å². The monoisotopic (exact) mass is 262 g/mol. The van der Waals surface area contributed by atoms with Crippen molar-refractivity contribution in [2.75, 3.05) is 6.54 Å². The second kappa shape index (κ2) is 5.75. The van der Waals surface area contributed by atoms with E-state index >= 15 is 0 Å². The Labute approximate surface area is 111 Å². The maximum absolute atomic E-state index is 12.1. The SMILES string of the molecule is CCc1cc(CC(=O)c2cn(CCN)nn2)n(C)n1. The minimum atomic E-state index is -0.0612. The molecule has 2 rings (SSSR count). The number of rotatable bonds is 6. The van der Waals surface area contributed by atoms with Gasteiger partial charge in [-0.3, -0.25) is 14.2 Å². The van der Waals surface area contributed by atoms with Crippen molar-refractivity contribution < 1.29 is 4.79 Å². The van der Waals surface area contributed by atoms with Crippen LogP contribution in [0.15, 0.2) is 12.3 Å². The summed E-state index contributed by atoms with van der Waals surface area (Å²) in [6, 6.07) is 1.95. The molecule has 2 aromatic rings. The molecule has 0 amide bonds. The molecule has 0 spiro atoms. The summed E-state index contributed by atoms with van der Waals surface area (Å²) >= 11 is 0. The normalized spacial score (nSPS) is 10.9. The molecule has 0 fully saturated rings. The Morgan fingerprint density at radius 2 is 2.26 bits per heavy atom. The lowest BCUT2D eigenvalue weighted by molar-refractivity contribution is 0.0986. The van der Waals surface area contributed by atoms with Crippen molar-refractivity contribution in [3.8, 4) is 0 Å². The highest BCUT2D eigenvalue weighted by atomic mass is 16.1. The third kappa shape index (κ3) is 3.05. The molecule has 0 radical (unpaired) electrons. The fraction of sp³-hybridized carbons (Fsp3) is 0.500. The third-order valence-electron chi connectivity index (χ3n) is 2.91. The third-order valence-corrected chi connectivity index (χ3v) is 2.91. The molecular formula is C12H18N6O. The van der Waals surface area contributed by atoms with Gasteiger partial charge in [0.25, 0.3) is 0 Å². The number of nitrogens with zero attached hydrogens (tertiary/aromatic N) is 5. The van der Waals surface area contributed by atoms with Crippen molar-refractivity contribution in [3.63, 3.8) is 0 Å². The van der Waals surface area contributed by atoms with Gasteiger partial charge >= 0.3 is 0 Å². The lowest BCUT2D eigenvalue weighted by Crippen LogP contribution is -2.10. The van der Waals surface area contributed by atoms with E-state index in [1.807, 2.05) is 20.0 Å². The molecule has 2 heterocycles. The standard InChI is InChI=1S/C12H18N6O/c1-3-9-6-10(17(2)15-9)7-12(19)11-8-18(5-4-13)16-14-11/h6,8H,3-5,7,13H2,1-2H3. The zero-order valence-electron chi connectivity index (χ0n) is 11.2. The van der Waals surface area contributed by atoms with Gasteiger partial charge in [-0.25, -0.2) is 0 Å². The number of Topliss-reactive ketones (excluding diaryl/α,β-unsaturated/α-hetero) is 1. The largest absolute Gasteiger partial charge is 0.329 e. The fourth-order valence-electron chi connectivity index (χ4n) is 1.83. The molecule has 0 aliphatic rings. The molecule has 0 aliphatic heterocycles. The predicted molar refractivity (Wildman–Crippen MR) is 69.7 cm³/mol. The number of aromatic nitrogens is 5. The van der Waals surface area contributed by atoms with Crippen molar-refractivity contribution in [1.29, 1.82) is 0 Å². The lowest BCUT2D eigenvalue weighted by Gasteiger charge is -1.98. The van der Waals surface area contributed by atoms with Crippen molar-refractivity contribution in [2.24, 2.45) is 12.8 Å². The first kappa shape index (κ1) is 13.4. The Morgan fingerprint density at radius 3 is 2.89 bits per heavy atom. The first-order chi connectivity index (χ1) is 9.13. The average molecular weight is 262 g/mol. The van der Waals surface area contributed by atoms with Crippen molar-refractivity contribution in [1.82, 2.24) is 24.8 Å². The number of ketones is 1. The maximum Gasteiger partial charge on any atom is 0.190 e. The highest BCUT2D eigenvalue weighted by molar-refractivity contribution is 5.95. The second-order valence-electron chi connectivity index (χ2n) is 4.36. The quantitative estimate of drug-likeness (QED) is 0.737. The van der Waals surface area contributed by atoms with Crippen molar-refractivity contribution in [2.45, 2.75) is 26.3 Å². The first-order valence-electron chi connectivity index (χ1n) is 6.29. The summed E-state index contributed by atoms with van der Waals surface area (Å²) in [5.74, 6) is -0.0612. The van der Waals surface area contributed by atoms with Gasteiger partial charge in [0.2, 0.25) is 0 Å². The Balaban J connectivity index is 2.08. The highest BCUT2D eigenvalue weighted by Crippen LogP contribution is 2.08. The molecule has 0 atom stereocenters. The van der Waals surface area contributed by atoms with Crippen molar-refractivity contribution >= 4 is 5.78 Å². The molecule has 19 heavy (non-hydrogen) atoms. The summed E-state index contributed by atoms with van der Waals surface area (Å²) in [7, 11) is 1.84. The summed E-state index contributed by atoms with van der Waals surface area (Å²) in [5.41, 5.74) is 7.66. The van der Waals surface area contributed by atoms with E-state index in [9.17, 15) is 4.79 Å². The van der Waals surface area contributed by atoms with Gasteiger partial charge in [-0.2, -0.15) is 5.10 Å². The Bertz CT molecular complexity index is 571. The molecule has 102 valence electrons. The van der Waals surface area contributed by atoms with Gasteiger partial charge in [0.1, 0.15) is 5.69 Å². The van der Waals surface area contributed by atoms with Crippen molar-refractivity contribution in [3.05, 3.63) is 29.3 Å². The maximum atomic E-state index is 12.1. The van der Waals surface area contributed by atoms with E-state index in [0.29, 0.717) is 18.8 Å². The molecule has 2 aromatic heterocycles. The van der Waals surface area contributed by atoms with E-state index in [0.717, 1.165) is 17.8 Å². The summed E-state index contributed by atoms with van der Waals surface area (Å²) in [6.45, 7) is 3.07. The van der Waals surface area contributed by atoms with Crippen LogP contribution in [-0.4, -0.2) is 37.1 Å². The molecule has 0 aromatic carbocycles. The van der Waals surface area contributed by atoms with Gasteiger partial charge in [0.15, 0.2) is 5.78 Å². The average Bonchev–Trinajstić information content (AvgIpc) is 2.98. The van der Waals surface area contributed by atoms with Crippen LogP contribution in [0.3, 0.4) is 0 Å². The lowest BCUT2D eigenvalue weighted by atomic mass is 10.1. The Kier molecular flexibility index (Phi) is 4.06. The van der Waals surface area contributed by atoms with Crippen LogP contribution in [0.1, 0.15) is 28.8 Å². The highest BCUT2D eigenvalue weighted by Gasteiger charge is 2.14. The summed E-state index contributed by atoms with van der Waals surface area (Å²) in [5, 5.41) is 12.0. The fourth-order valence-corrected chi connectivity index (χ4v) is 1.83. The number of hydrogen-bond donors (Lipinski definition) is 1. The first-order valence-corrected chi connectivity index (χ1v) is 6.29. The van der Waals surface area contributed by atoms with Crippen LogP contribution in [0, 0.1) is 0 Å². The molecule has 0 aliphatic carbocycles. The van der Waals surface area contributed by atoms with Crippen LogP contribution >= 0.6 is 0 Å². The van der Waals surface area contributed by atoms with Crippen LogP contribution in [0.4, 0.5) is 0 Å². The van der Waals surface area contributed by atoms with Gasteiger partial charge in [-0.15, -0.1) is 5.10 Å². The van der Waals surface area contributed by atoms with Crippen LogP contribution in [0.25, 0.3) is 0 Å². The molecule has 0 saturated heterocycles. The van der Waals surface area contributed by atoms with Crippen LogP contribution in [0.2, 0.25) is 0 Å². The minimum absolute atomic E-state index is 0.0612. The smallest absolute Gasteiger partial charge is 0.190 e. The minimum Gasteiger partial charge on any atom is -0.329 e. The number of carbonyl (C=O) groups is 1. The van der Waals surface area contributed by atoms with Gasteiger partial charge in [0, 0.05) is 19.3 Å². The van der Waals surface area contributed by atoms with Crippen LogP contribution < -0.4 is 5.73 Å². The molecule has 0 saturated carbocycles. The summed E-state index contributed by atoms with van der Waals surface area (Å²) < 4.78 is 3.31. The van der Waals surface area contributed by atoms with Gasteiger partial charge in [0.05, 0.1) is 24.9 Å². The molecular weight excluding hydrogens is 244 g/mol. The van der Waals surface area contributed by atoms with E-state index in [-0.39, 0.29) is 12.2 Å². The number of hydrogen-bond acceptors (Lipinski definition) is 5. The number of aryl methyl sites for hydroxylation is 2. The topological polar surface area (TPSA) is 91.6 Å². The summed E-state index contributed by atoms with van der Waals surface area (Å²) in [6.07, 6.45) is 2.77. The summed E-state index contributed by atoms with van der Waals surface area (Å²) in [4.78, 5) is 12.1. The Morgan fingerprint density at radius 1 is 1.47 bits per heavy atom. The van der Waals surface area contributed by atoms with Gasteiger partial charge < -0.3 is 5.73 Å². The molecule has 0 unspecified atom stereocenters. The van der Waals surface area contributed by atoms with E-state index in [1.54, 1.807) is 15.6 Å². The van der Waals surface area contributed by atoms with Crippen LogP contribution in [0.5, 0.6) is 0 Å².